The van der Waals surface area contributed by atoms with E-state index in [9.17, 15) is 14.6 Å². The molecule has 0 rings (SSSR count). The second-order valence-electron chi connectivity index (χ2n) is 7.55. The van der Waals surface area contributed by atoms with Gasteiger partial charge in [0.1, 0.15) is 0 Å². The molecule has 0 aliphatic heterocycles. The van der Waals surface area contributed by atoms with Crippen molar-refractivity contribution in [2.45, 2.75) is 34.1 Å². The predicted molar refractivity (Wildman–Crippen MR) is 83.9 cm³/mol. The first-order valence-corrected chi connectivity index (χ1v) is 9.30. The summed E-state index contributed by atoms with van der Waals surface area (Å²) in [6, 6.07) is 0. The fraction of sp³-hybridized carbons (Fsp3) is 0.929. The first-order chi connectivity index (χ1) is 9.81. The number of rotatable bonds is 9. The van der Waals surface area contributed by atoms with Gasteiger partial charge in [0.2, 0.25) is 5.91 Å². The average molecular weight is 338 g/mol. The third kappa shape index (κ3) is 8.86. The van der Waals surface area contributed by atoms with E-state index in [1.54, 1.807) is 0 Å². The highest BCUT2D eigenvalue weighted by atomic mass is 31.2. The summed E-state index contributed by atoms with van der Waals surface area (Å²) in [5.74, 6) is -0.0373. The van der Waals surface area contributed by atoms with Gasteiger partial charge in [-0.25, -0.2) is 0 Å². The summed E-state index contributed by atoms with van der Waals surface area (Å²) in [6.07, 6.45) is 0.265. The Balaban J connectivity index is 4.13. The third-order valence-electron chi connectivity index (χ3n) is 4.03. The van der Waals surface area contributed by atoms with Gasteiger partial charge >= 0.3 is 7.60 Å². The van der Waals surface area contributed by atoms with Crippen LogP contribution in [0.5, 0.6) is 0 Å². The Morgan fingerprint density at radius 1 is 1.36 bits per heavy atom. The van der Waals surface area contributed by atoms with E-state index in [1.165, 1.54) is 0 Å². The second-order valence-corrected chi connectivity index (χ2v) is 9.42. The van der Waals surface area contributed by atoms with Crippen molar-refractivity contribution >= 4 is 13.5 Å². The summed E-state index contributed by atoms with van der Waals surface area (Å²) >= 11 is 0. The van der Waals surface area contributed by atoms with E-state index in [1.807, 2.05) is 41.8 Å². The summed E-state index contributed by atoms with van der Waals surface area (Å²) in [4.78, 5) is 21.1. The standard InChI is InChI=1S/C14H31N2O5P/c1-12(14(2,3)4)13(17)15-8-10-16(5,6)9-7-11-22(19,20)21-18/h12H,7-11H2,1-6H3,(H2-,15,17,18,19,20). The SMILES string of the molecule is CC(C(=O)NCC[N+](C)(C)CCCP(=O)(O)O[O-])C(C)(C)C. The molecule has 7 nitrogen and oxygen atoms in total. The number of amides is 1. The molecule has 0 aromatic carbocycles. The van der Waals surface area contributed by atoms with E-state index >= 15 is 0 Å². The zero-order chi connectivity index (χ0) is 17.6. The molecule has 0 heterocycles. The zero-order valence-corrected chi connectivity index (χ0v) is 15.5. The maximum absolute atomic E-state index is 12.0. The molecular formula is C14H31N2O5P. The highest BCUT2D eigenvalue weighted by Gasteiger charge is 2.27. The number of quaternary nitrogens is 1. The number of hydrogen-bond acceptors (Lipinski definition) is 4. The molecule has 0 aromatic heterocycles. The Morgan fingerprint density at radius 2 is 1.91 bits per heavy atom. The van der Waals surface area contributed by atoms with Crippen molar-refractivity contribution in [3.8, 4) is 0 Å². The summed E-state index contributed by atoms with van der Waals surface area (Å²) in [7, 11) is -0.0242. The lowest BCUT2D eigenvalue weighted by Gasteiger charge is -2.31. The van der Waals surface area contributed by atoms with Crippen molar-refractivity contribution in [1.82, 2.24) is 5.32 Å². The lowest BCUT2D eigenvalue weighted by molar-refractivity contribution is -0.889. The van der Waals surface area contributed by atoms with Gasteiger partial charge in [-0.1, -0.05) is 27.7 Å². The van der Waals surface area contributed by atoms with Gasteiger partial charge in [0, 0.05) is 12.3 Å². The van der Waals surface area contributed by atoms with E-state index in [0.717, 1.165) is 0 Å². The van der Waals surface area contributed by atoms with E-state index in [0.29, 0.717) is 30.5 Å². The van der Waals surface area contributed by atoms with Crippen LogP contribution in [-0.4, -0.2) is 55.2 Å². The minimum absolute atomic E-state index is 0.0344. The Bertz CT molecular complexity index is 407. The van der Waals surface area contributed by atoms with Crippen LogP contribution in [0.25, 0.3) is 0 Å². The number of nitrogens with zero attached hydrogens (tertiary/aromatic N) is 1. The van der Waals surface area contributed by atoms with Crippen molar-refractivity contribution in [2.24, 2.45) is 11.3 Å². The summed E-state index contributed by atoms with van der Waals surface area (Å²) < 4.78 is 15.0. The zero-order valence-electron chi connectivity index (χ0n) is 14.6. The number of carbonyl (C=O) groups is 1. The van der Waals surface area contributed by atoms with E-state index < -0.39 is 7.60 Å². The molecule has 2 atom stereocenters. The molecule has 0 saturated heterocycles. The highest BCUT2D eigenvalue weighted by Crippen LogP contribution is 2.39. The topological polar surface area (TPSA) is 98.7 Å². The predicted octanol–water partition coefficient (Wildman–Crippen LogP) is 0.729. The molecule has 0 saturated carbocycles. The van der Waals surface area contributed by atoms with Crippen LogP contribution in [0.3, 0.4) is 0 Å². The minimum atomic E-state index is -3.97. The molecule has 0 aliphatic carbocycles. The van der Waals surface area contributed by atoms with Crippen molar-refractivity contribution in [1.29, 1.82) is 0 Å². The normalized spacial score (nSPS) is 16.9. The van der Waals surface area contributed by atoms with Gasteiger partial charge in [0.15, 0.2) is 0 Å². The van der Waals surface area contributed by atoms with Crippen molar-refractivity contribution in [3.05, 3.63) is 0 Å². The molecule has 0 radical (unpaired) electrons. The smallest absolute Gasteiger partial charge is 0.319 e. The van der Waals surface area contributed by atoms with Crippen molar-refractivity contribution in [2.75, 3.05) is 39.9 Å². The second kappa shape index (κ2) is 8.41. The molecule has 2 N–H and O–H groups in total. The molecule has 1 amide bonds. The quantitative estimate of drug-likeness (QED) is 0.279. The molecular weight excluding hydrogens is 307 g/mol. The van der Waals surface area contributed by atoms with Crippen molar-refractivity contribution < 1.29 is 28.7 Å². The first-order valence-electron chi connectivity index (χ1n) is 7.54. The van der Waals surface area contributed by atoms with Crippen LogP contribution in [0, 0.1) is 11.3 Å². The van der Waals surface area contributed by atoms with Gasteiger partial charge in [-0.2, -0.15) is 0 Å². The molecule has 8 heteroatoms. The number of likely N-dealkylation sites (N-methyl/N-ethyl adjacent to an activating group) is 1. The van der Waals surface area contributed by atoms with E-state index in [-0.39, 0.29) is 23.4 Å². The van der Waals surface area contributed by atoms with Gasteiger partial charge in [0.05, 0.1) is 39.9 Å². The molecule has 0 aromatic rings. The van der Waals surface area contributed by atoms with Crippen LogP contribution >= 0.6 is 7.60 Å². The van der Waals surface area contributed by atoms with Crippen LogP contribution in [0.2, 0.25) is 0 Å². The lowest BCUT2D eigenvalue weighted by atomic mass is 9.81. The van der Waals surface area contributed by atoms with Gasteiger partial charge < -0.3 is 24.6 Å². The van der Waals surface area contributed by atoms with Gasteiger partial charge in [-0.15, -0.1) is 0 Å². The molecule has 132 valence electrons. The fourth-order valence-corrected chi connectivity index (χ4v) is 2.49. The number of carbonyl (C=O) groups excluding carboxylic acids is 1. The largest absolute Gasteiger partial charge is 0.716 e. The monoisotopic (exact) mass is 338 g/mol. The fourth-order valence-electron chi connectivity index (χ4n) is 1.88. The van der Waals surface area contributed by atoms with E-state index in [4.69, 9.17) is 4.89 Å². The van der Waals surface area contributed by atoms with Gasteiger partial charge in [0.25, 0.3) is 0 Å². The number of hydrogen-bond donors (Lipinski definition) is 2. The molecule has 0 aliphatic rings. The third-order valence-corrected chi connectivity index (χ3v) is 5.14. The first kappa shape index (κ1) is 21.5. The van der Waals surface area contributed by atoms with Gasteiger partial charge in [-0.3, -0.25) is 9.36 Å². The lowest BCUT2D eigenvalue weighted by Crippen LogP contribution is -2.47. The summed E-state index contributed by atoms with van der Waals surface area (Å²) in [6.45, 7) is 9.88. The summed E-state index contributed by atoms with van der Waals surface area (Å²) in [5, 5.41) is 13.0. The molecule has 0 bridgehead atoms. The molecule has 0 fully saturated rings. The highest BCUT2D eigenvalue weighted by molar-refractivity contribution is 7.52. The average Bonchev–Trinajstić information content (AvgIpc) is 2.35. The molecule has 0 spiro atoms. The number of nitrogens with one attached hydrogen (secondary N) is 1. The van der Waals surface area contributed by atoms with Crippen LogP contribution in [0.15, 0.2) is 0 Å². The Morgan fingerprint density at radius 3 is 2.36 bits per heavy atom. The maximum atomic E-state index is 12.0. The van der Waals surface area contributed by atoms with Gasteiger partial charge in [-0.05, 0) is 5.41 Å². The molecule has 2 unspecified atom stereocenters. The Labute approximate surface area is 133 Å². The maximum Gasteiger partial charge on any atom is 0.319 e. The van der Waals surface area contributed by atoms with Crippen LogP contribution in [0.1, 0.15) is 34.1 Å². The Hall–Kier alpha value is -0.460. The Kier molecular flexibility index (Phi) is 8.23. The molecule has 22 heavy (non-hydrogen) atoms. The minimum Gasteiger partial charge on any atom is -0.716 e. The summed E-state index contributed by atoms with van der Waals surface area (Å²) in [5.41, 5.74) is -0.0743. The van der Waals surface area contributed by atoms with Crippen LogP contribution < -0.4 is 10.6 Å². The van der Waals surface area contributed by atoms with E-state index in [2.05, 4.69) is 9.99 Å². The van der Waals surface area contributed by atoms with Crippen LogP contribution in [-0.2, 0) is 14.0 Å². The van der Waals surface area contributed by atoms with Crippen LogP contribution in [0.4, 0.5) is 0 Å². The van der Waals surface area contributed by atoms with Crippen molar-refractivity contribution in [3.63, 3.8) is 0 Å².